The normalized spacial score (nSPS) is 32.4. The molecule has 0 aromatic carbocycles. The van der Waals surface area contributed by atoms with E-state index in [1.165, 1.54) is 96.3 Å². The van der Waals surface area contributed by atoms with E-state index in [9.17, 15) is 5.11 Å². The molecule has 1 heteroatoms. The minimum Gasteiger partial charge on any atom is -0.393 e. The first-order chi connectivity index (χ1) is 10.4. The standard InChI is InChI=1S/C20H37O/c21-20-16-12-8-7-10-14-18-13-9-5-3-1-2-4-6-11-15-19(18)17-20/h19-21H,1-17H2. The highest BCUT2D eigenvalue weighted by molar-refractivity contribution is 4.97. The van der Waals surface area contributed by atoms with E-state index in [1.807, 2.05) is 5.92 Å². The van der Waals surface area contributed by atoms with Gasteiger partial charge in [-0.3, -0.25) is 0 Å². The third-order valence-corrected chi connectivity index (χ3v) is 5.72. The van der Waals surface area contributed by atoms with Crippen LogP contribution in [-0.2, 0) is 0 Å². The van der Waals surface area contributed by atoms with E-state index < -0.39 is 0 Å². The summed E-state index contributed by atoms with van der Waals surface area (Å²) in [5.41, 5.74) is 0. The van der Waals surface area contributed by atoms with Gasteiger partial charge in [-0.2, -0.15) is 0 Å². The van der Waals surface area contributed by atoms with E-state index in [0.29, 0.717) is 0 Å². The molecule has 1 N–H and O–H groups in total. The van der Waals surface area contributed by atoms with Crippen molar-refractivity contribution in [2.24, 2.45) is 5.92 Å². The lowest BCUT2D eigenvalue weighted by atomic mass is 9.76. The van der Waals surface area contributed by atoms with E-state index in [2.05, 4.69) is 0 Å². The predicted octanol–water partition coefficient (Wildman–Crippen LogP) is 6.20. The third kappa shape index (κ3) is 7.17. The van der Waals surface area contributed by atoms with Crippen LogP contribution in [0.2, 0.25) is 0 Å². The summed E-state index contributed by atoms with van der Waals surface area (Å²) in [5.74, 6) is 2.56. The van der Waals surface area contributed by atoms with Crippen molar-refractivity contribution in [3.8, 4) is 0 Å². The number of aliphatic hydroxyl groups excluding tert-OH is 1. The Kier molecular flexibility index (Phi) is 8.78. The number of rotatable bonds is 0. The van der Waals surface area contributed by atoms with Gasteiger partial charge in [-0.1, -0.05) is 77.0 Å². The van der Waals surface area contributed by atoms with Crippen molar-refractivity contribution in [1.29, 1.82) is 0 Å². The highest BCUT2D eigenvalue weighted by Crippen LogP contribution is 2.36. The Balaban J connectivity index is 1.93. The van der Waals surface area contributed by atoms with Gasteiger partial charge in [0.2, 0.25) is 0 Å². The molecule has 0 spiro atoms. The molecule has 123 valence electrons. The Morgan fingerprint density at radius 1 is 0.571 bits per heavy atom. The van der Waals surface area contributed by atoms with Crippen molar-refractivity contribution in [2.45, 2.75) is 115 Å². The van der Waals surface area contributed by atoms with Gasteiger partial charge >= 0.3 is 0 Å². The molecule has 1 radical (unpaired) electrons. The zero-order valence-corrected chi connectivity index (χ0v) is 14.1. The molecule has 0 saturated heterocycles. The SMILES string of the molecule is OC1CCCCCC[C]2CCCCCCCCCCC2C1. The van der Waals surface area contributed by atoms with Crippen LogP contribution in [0.15, 0.2) is 0 Å². The summed E-state index contributed by atoms with van der Waals surface area (Å²) in [6.07, 6.45) is 22.9. The average Bonchev–Trinajstić information content (AvgIpc) is 2.47. The molecule has 2 unspecified atom stereocenters. The number of aliphatic hydroxyl groups is 1. The van der Waals surface area contributed by atoms with Crippen molar-refractivity contribution in [2.75, 3.05) is 0 Å². The van der Waals surface area contributed by atoms with Crippen LogP contribution in [-0.4, -0.2) is 11.2 Å². The number of hydrogen-bond acceptors (Lipinski definition) is 1. The summed E-state index contributed by atoms with van der Waals surface area (Å²) in [7, 11) is 0. The predicted molar refractivity (Wildman–Crippen MR) is 91.2 cm³/mol. The van der Waals surface area contributed by atoms with Gasteiger partial charge in [0.05, 0.1) is 6.10 Å². The molecular formula is C20H37O. The lowest BCUT2D eigenvalue weighted by molar-refractivity contribution is 0.124. The third-order valence-electron chi connectivity index (χ3n) is 5.72. The Morgan fingerprint density at radius 3 is 1.67 bits per heavy atom. The molecule has 0 aromatic heterocycles. The second-order valence-electron chi connectivity index (χ2n) is 7.56. The van der Waals surface area contributed by atoms with Crippen molar-refractivity contribution < 1.29 is 5.11 Å². The molecule has 2 saturated carbocycles. The molecule has 2 aliphatic rings. The molecule has 2 aliphatic carbocycles. The van der Waals surface area contributed by atoms with Crippen molar-refractivity contribution in [1.82, 2.24) is 0 Å². The summed E-state index contributed by atoms with van der Waals surface area (Å²) in [6.45, 7) is 0. The van der Waals surface area contributed by atoms with E-state index in [1.54, 1.807) is 0 Å². The van der Waals surface area contributed by atoms with Crippen molar-refractivity contribution >= 4 is 0 Å². The van der Waals surface area contributed by atoms with Crippen LogP contribution in [0.3, 0.4) is 0 Å². The van der Waals surface area contributed by atoms with E-state index in [-0.39, 0.29) is 6.10 Å². The fraction of sp³-hybridized carbons (Fsp3) is 0.950. The summed E-state index contributed by atoms with van der Waals surface area (Å²) in [6, 6.07) is 0. The van der Waals surface area contributed by atoms with Gasteiger partial charge < -0.3 is 5.11 Å². The Labute approximate surface area is 132 Å². The molecular weight excluding hydrogens is 256 g/mol. The molecule has 0 amide bonds. The van der Waals surface area contributed by atoms with Crippen LogP contribution >= 0.6 is 0 Å². The average molecular weight is 294 g/mol. The highest BCUT2D eigenvalue weighted by atomic mass is 16.3. The summed E-state index contributed by atoms with van der Waals surface area (Å²) in [5, 5.41) is 10.3. The first-order valence-corrected chi connectivity index (χ1v) is 9.89. The zero-order valence-electron chi connectivity index (χ0n) is 14.1. The second kappa shape index (κ2) is 10.6. The zero-order chi connectivity index (χ0) is 14.8. The quantitative estimate of drug-likeness (QED) is 0.564. The second-order valence-corrected chi connectivity index (χ2v) is 7.56. The van der Waals surface area contributed by atoms with Crippen LogP contribution in [0, 0.1) is 11.8 Å². The van der Waals surface area contributed by atoms with Gasteiger partial charge in [-0.05, 0) is 43.9 Å². The maximum Gasteiger partial charge on any atom is 0.0543 e. The molecule has 2 fully saturated rings. The van der Waals surface area contributed by atoms with Gasteiger partial charge in [-0.15, -0.1) is 0 Å². The van der Waals surface area contributed by atoms with Gasteiger partial charge in [0, 0.05) is 0 Å². The maximum absolute atomic E-state index is 10.3. The van der Waals surface area contributed by atoms with Gasteiger partial charge in [0.25, 0.3) is 0 Å². The molecule has 2 atom stereocenters. The fourth-order valence-electron chi connectivity index (χ4n) is 4.36. The van der Waals surface area contributed by atoms with Crippen molar-refractivity contribution in [3.63, 3.8) is 0 Å². The number of hydrogen-bond donors (Lipinski definition) is 1. The first kappa shape index (κ1) is 17.3. The Morgan fingerprint density at radius 2 is 1.05 bits per heavy atom. The molecule has 0 bridgehead atoms. The van der Waals surface area contributed by atoms with E-state index in [4.69, 9.17) is 0 Å². The Hall–Kier alpha value is -0.0400. The maximum atomic E-state index is 10.3. The highest BCUT2D eigenvalue weighted by Gasteiger charge is 2.24. The topological polar surface area (TPSA) is 20.2 Å². The minimum absolute atomic E-state index is 0.0315. The Bertz CT molecular complexity index is 250. The van der Waals surface area contributed by atoms with Crippen LogP contribution in [0.1, 0.15) is 109 Å². The van der Waals surface area contributed by atoms with E-state index >= 15 is 0 Å². The summed E-state index contributed by atoms with van der Waals surface area (Å²) >= 11 is 0. The smallest absolute Gasteiger partial charge is 0.0543 e. The van der Waals surface area contributed by atoms with Crippen LogP contribution < -0.4 is 0 Å². The lowest BCUT2D eigenvalue weighted by Gasteiger charge is -2.30. The first-order valence-electron chi connectivity index (χ1n) is 9.89. The van der Waals surface area contributed by atoms with Gasteiger partial charge in [0.15, 0.2) is 0 Å². The summed E-state index contributed by atoms with van der Waals surface area (Å²) in [4.78, 5) is 0. The molecule has 0 aromatic rings. The molecule has 0 aliphatic heterocycles. The van der Waals surface area contributed by atoms with Crippen LogP contribution in [0.5, 0.6) is 0 Å². The molecule has 0 heterocycles. The number of fused-ring (bicyclic) bond motifs is 1. The van der Waals surface area contributed by atoms with Crippen LogP contribution in [0.25, 0.3) is 0 Å². The molecule has 21 heavy (non-hydrogen) atoms. The minimum atomic E-state index is -0.0315. The van der Waals surface area contributed by atoms with Crippen LogP contribution in [0.4, 0.5) is 0 Å². The molecule has 2 rings (SSSR count). The van der Waals surface area contributed by atoms with Gasteiger partial charge in [0.1, 0.15) is 0 Å². The van der Waals surface area contributed by atoms with E-state index in [0.717, 1.165) is 18.8 Å². The molecule has 1 nitrogen and oxygen atoms in total. The van der Waals surface area contributed by atoms with Crippen molar-refractivity contribution in [3.05, 3.63) is 5.92 Å². The fourth-order valence-corrected chi connectivity index (χ4v) is 4.36. The largest absolute Gasteiger partial charge is 0.393 e. The summed E-state index contributed by atoms with van der Waals surface area (Å²) < 4.78 is 0. The lowest BCUT2D eigenvalue weighted by Crippen LogP contribution is -2.21. The monoisotopic (exact) mass is 293 g/mol. The van der Waals surface area contributed by atoms with Gasteiger partial charge in [-0.25, -0.2) is 0 Å².